The molecule has 1 aromatic heterocycles. The highest BCUT2D eigenvalue weighted by Gasteiger charge is 2.30. The van der Waals surface area contributed by atoms with E-state index in [0.29, 0.717) is 6.54 Å². The molecule has 0 saturated heterocycles. The van der Waals surface area contributed by atoms with Crippen molar-refractivity contribution in [2.75, 3.05) is 13.1 Å². The molecule has 0 spiro atoms. The number of carbonyl (C=O) groups is 1. The highest BCUT2D eigenvalue weighted by molar-refractivity contribution is 14.1. The second-order valence-electron chi connectivity index (χ2n) is 6.13. The Morgan fingerprint density at radius 3 is 2.79 bits per heavy atom. The zero-order chi connectivity index (χ0) is 15.8. The second-order valence-corrected chi connectivity index (χ2v) is 7.38. The summed E-state index contributed by atoms with van der Waals surface area (Å²) in [5.74, 6) is 0.124. The van der Waals surface area contributed by atoms with Crippen molar-refractivity contribution in [2.45, 2.75) is 32.5 Å². The molecule has 1 N–H and O–H groups in total. The smallest absolute Gasteiger partial charge is 0.272 e. The Labute approximate surface area is 161 Å². The minimum atomic E-state index is 0. The maximum atomic E-state index is 13.1. The Balaban J connectivity index is 0.00000169. The van der Waals surface area contributed by atoms with E-state index in [-0.39, 0.29) is 18.3 Å². The van der Waals surface area contributed by atoms with Crippen molar-refractivity contribution in [2.24, 2.45) is 0 Å². The van der Waals surface area contributed by atoms with Crippen molar-refractivity contribution in [3.63, 3.8) is 0 Å². The van der Waals surface area contributed by atoms with E-state index in [1.54, 1.807) is 0 Å². The van der Waals surface area contributed by atoms with E-state index in [1.807, 2.05) is 9.58 Å². The van der Waals surface area contributed by atoms with Crippen LogP contribution in [0.4, 0.5) is 0 Å². The normalized spacial score (nSPS) is 16.9. The number of nitrogens with zero attached hydrogens (tertiary/aromatic N) is 3. The molecule has 0 radical (unpaired) electrons. The van der Waals surface area contributed by atoms with Crippen molar-refractivity contribution in [1.82, 2.24) is 20.0 Å². The Bertz CT molecular complexity index is 744. The van der Waals surface area contributed by atoms with Gasteiger partial charge in [0, 0.05) is 48.3 Å². The Morgan fingerprint density at radius 2 is 2.00 bits per heavy atom. The average Bonchev–Trinajstić information content (AvgIpc) is 2.86. The third-order valence-corrected chi connectivity index (χ3v) is 5.27. The molecular formula is C17H20ClIN4O. The molecule has 2 aromatic rings. The summed E-state index contributed by atoms with van der Waals surface area (Å²) in [6.45, 7) is 3.99. The van der Waals surface area contributed by atoms with Crippen molar-refractivity contribution in [3.05, 3.63) is 50.4 Å². The molecule has 7 heteroatoms. The standard InChI is InChI=1S/C17H19IN4O.ClH/c18-13-4-2-12(3-5-13)11-21-8-1-9-22-16(17(21)23)14-10-19-7-6-15(14)20-22;/h2-5,19H,1,6-11H2;1H. The lowest BCUT2D eigenvalue weighted by Crippen LogP contribution is -2.32. The third kappa shape index (κ3) is 3.32. The largest absolute Gasteiger partial charge is 0.333 e. The van der Waals surface area contributed by atoms with Gasteiger partial charge in [-0.25, -0.2) is 0 Å². The molecule has 2 aliphatic heterocycles. The molecule has 128 valence electrons. The van der Waals surface area contributed by atoms with Crippen LogP contribution in [0.15, 0.2) is 24.3 Å². The maximum absolute atomic E-state index is 13.1. The lowest BCUT2D eigenvalue weighted by atomic mass is 10.1. The lowest BCUT2D eigenvalue weighted by molar-refractivity contribution is 0.0744. The molecule has 1 aromatic carbocycles. The van der Waals surface area contributed by atoms with E-state index in [9.17, 15) is 4.79 Å². The number of rotatable bonds is 2. The fraction of sp³-hybridized carbons (Fsp3) is 0.412. The van der Waals surface area contributed by atoms with Gasteiger partial charge in [0.05, 0.1) is 5.69 Å². The predicted octanol–water partition coefficient (Wildman–Crippen LogP) is 2.60. The Morgan fingerprint density at radius 1 is 1.21 bits per heavy atom. The minimum absolute atomic E-state index is 0. The number of amides is 1. The van der Waals surface area contributed by atoms with Crippen LogP contribution in [0, 0.1) is 3.57 Å². The Kier molecular flexibility index (Phi) is 5.46. The van der Waals surface area contributed by atoms with Crippen molar-refractivity contribution < 1.29 is 4.79 Å². The van der Waals surface area contributed by atoms with Gasteiger partial charge in [-0.1, -0.05) is 12.1 Å². The zero-order valence-corrected chi connectivity index (χ0v) is 16.3. The lowest BCUT2D eigenvalue weighted by Gasteiger charge is -2.21. The van der Waals surface area contributed by atoms with Crippen LogP contribution in [-0.4, -0.2) is 33.7 Å². The van der Waals surface area contributed by atoms with Gasteiger partial charge in [0.15, 0.2) is 0 Å². The minimum Gasteiger partial charge on any atom is -0.333 e. The first kappa shape index (κ1) is 17.7. The number of aryl methyl sites for hydroxylation is 1. The number of nitrogens with one attached hydrogen (secondary N) is 1. The van der Waals surface area contributed by atoms with Gasteiger partial charge in [-0.05, 0) is 46.7 Å². The average molecular weight is 459 g/mol. The van der Waals surface area contributed by atoms with E-state index in [4.69, 9.17) is 0 Å². The van der Waals surface area contributed by atoms with E-state index >= 15 is 0 Å². The summed E-state index contributed by atoms with van der Waals surface area (Å²) in [5, 5.41) is 8.05. The quantitative estimate of drug-likeness (QED) is 0.704. The molecule has 0 bridgehead atoms. The van der Waals surface area contributed by atoms with Crippen LogP contribution in [0.1, 0.15) is 33.7 Å². The number of benzene rings is 1. The first-order valence-electron chi connectivity index (χ1n) is 8.05. The summed E-state index contributed by atoms with van der Waals surface area (Å²) in [7, 11) is 0. The molecule has 0 atom stereocenters. The van der Waals surface area contributed by atoms with Crippen LogP contribution in [0.2, 0.25) is 0 Å². The number of hydrogen-bond acceptors (Lipinski definition) is 3. The van der Waals surface area contributed by atoms with Gasteiger partial charge in [-0.2, -0.15) is 5.10 Å². The molecular weight excluding hydrogens is 439 g/mol. The molecule has 24 heavy (non-hydrogen) atoms. The van der Waals surface area contributed by atoms with Crippen molar-refractivity contribution >= 4 is 40.9 Å². The molecule has 2 aliphatic rings. The topological polar surface area (TPSA) is 50.2 Å². The highest BCUT2D eigenvalue weighted by Crippen LogP contribution is 2.23. The molecule has 0 fully saturated rings. The van der Waals surface area contributed by atoms with Crippen LogP contribution < -0.4 is 5.32 Å². The van der Waals surface area contributed by atoms with Gasteiger partial charge in [-0.15, -0.1) is 12.4 Å². The summed E-state index contributed by atoms with van der Waals surface area (Å²) in [5.41, 5.74) is 4.19. The van der Waals surface area contributed by atoms with E-state index in [1.165, 1.54) is 9.13 Å². The van der Waals surface area contributed by atoms with Crippen LogP contribution in [0.25, 0.3) is 0 Å². The van der Waals surface area contributed by atoms with E-state index < -0.39 is 0 Å². The van der Waals surface area contributed by atoms with Crippen LogP contribution in [0.3, 0.4) is 0 Å². The molecule has 0 aliphatic carbocycles. The summed E-state index contributed by atoms with van der Waals surface area (Å²) in [6, 6.07) is 8.39. The first-order valence-corrected chi connectivity index (χ1v) is 9.13. The van der Waals surface area contributed by atoms with E-state index in [0.717, 1.165) is 56.0 Å². The van der Waals surface area contributed by atoms with Gasteiger partial charge in [0.1, 0.15) is 5.69 Å². The predicted molar refractivity (Wildman–Crippen MR) is 103 cm³/mol. The number of halogens is 2. The number of aromatic nitrogens is 2. The zero-order valence-electron chi connectivity index (χ0n) is 13.3. The fourth-order valence-electron chi connectivity index (χ4n) is 3.38. The van der Waals surface area contributed by atoms with Crippen molar-refractivity contribution in [1.29, 1.82) is 0 Å². The fourth-order valence-corrected chi connectivity index (χ4v) is 3.74. The number of fused-ring (bicyclic) bond motifs is 3. The SMILES string of the molecule is Cl.O=C1c2c3c(nn2CCCN1Cc1ccc(I)cc1)CCNC3. The first-order chi connectivity index (χ1) is 11.2. The summed E-state index contributed by atoms with van der Waals surface area (Å²) in [6.07, 6.45) is 1.87. The Hall–Kier alpha value is -1.12. The third-order valence-electron chi connectivity index (χ3n) is 4.55. The van der Waals surface area contributed by atoms with Crippen LogP contribution in [-0.2, 0) is 26.1 Å². The monoisotopic (exact) mass is 458 g/mol. The van der Waals surface area contributed by atoms with Gasteiger partial charge in [0.2, 0.25) is 0 Å². The highest BCUT2D eigenvalue weighted by atomic mass is 127. The van der Waals surface area contributed by atoms with E-state index in [2.05, 4.69) is 57.3 Å². The molecule has 4 rings (SSSR count). The summed E-state index contributed by atoms with van der Waals surface area (Å²) in [4.78, 5) is 15.0. The molecule has 0 saturated carbocycles. The summed E-state index contributed by atoms with van der Waals surface area (Å²) >= 11 is 2.30. The molecule has 3 heterocycles. The van der Waals surface area contributed by atoms with Gasteiger partial charge < -0.3 is 10.2 Å². The van der Waals surface area contributed by atoms with Gasteiger partial charge >= 0.3 is 0 Å². The van der Waals surface area contributed by atoms with Gasteiger partial charge in [-0.3, -0.25) is 9.48 Å². The summed E-state index contributed by atoms with van der Waals surface area (Å²) < 4.78 is 3.15. The molecule has 1 amide bonds. The van der Waals surface area contributed by atoms with Gasteiger partial charge in [0.25, 0.3) is 5.91 Å². The van der Waals surface area contributed by atoms with Crippen LogP contribution in [0.5, 0.6) is 0 Å². The number of hydrogen-bond donors (Lipinski definition) is 1. The molecule has 5 nitrogen and oxygen atoms in total. The maximum Gasteiger partial charge on any atom is 0.272 e. The van der Waals surface area contributed by atoms with Crippen molar-refractivity contribution in [3.8, 4) is 0 Å². The number of carbonyl (C=O) groups excluding carboxylic acids is 1. The molecule has 0 unspecified atom stereocenters. The second kappa shape index (κ2) is 7.41. The van der Waals surface area contributed by atoms with Crippen LogP contribution >= 0.6 is 35.0 Å².